The van der Waals surface area contributed by atoms with Gasteiger partial charge in [0.1, 0.15) is 5.82 Å². The molecule has 1 aromatic heterocycles. The third-order valence-electron chi connectivity index (χ3n) is 4.13. The summed E-state index contributed by atoms with van der Waals surface area (Å²) in [6.45, 7) is 0. The Morgan fingerprint density at radius 1 is 1.30 bits per heavy atom. The number of aromatic nitrogens is 2. The highest BCUT2D eigenvalue weighted by atomic mass is 32.2. The number of nitriles is 1. The molecule has 136 valence electrons. The molecule has 2 aromatic carbocycles. The molecule has 1 unspecified atom stereocenters. The Kier molecular flexibility index (Phi) is 6.29. The summed E-state index contributed by atoms with van der Waals surface area (Å²) in [7, 11) is 0. The van der Waals surface area contributed by atoms with Gasteiger partial charge in [-0.15, -0.1) is 0 Å². The molecule has 0 saturated heterocycles. The smallest absolute Gasteiger partial charge is 0.244 e. The van der Waals surface area contributed by atoms with Gasteiger partial charge in [-0.05, 0) is 54.3 Å². The number of nitrogens with one attached hydrogen (secondary N) is 2. The van der Waals surface area contributed by atoms with E-state index < -0.39 is 0 Å². The summed E-state index contributed by atoms with van der Waals surface area (Å²) in [5.41, 5.74) is 3.32. The number of thioether (sulfide) groups is 1. The topological polar surface area (TPSA) is 81.6 Å². The van der Waals surface area contributed by atoms with E-state index in [-0.39, 0.29) is 11.9 Å². The number of hydrogen-bond donors (Lipinski definition) is 2. The van der Waals surface area contributed by atoms with E-state index in [0.29, 0.717) is 5.56 Å². The van der Waals surface area contributed by atoms with Crippen LogP contribution in [0.5, 0.6) is 0 Å². The maximum atomic E-state index is 12.4. The van der Waals surface area contributed by atoms with Crippen LogP contribution in [0.1, 0.15) is 29.4 Å². The first-order valence-electron chi connectivity index (χ1n) is 8.62. The number of carbonyl (C=O) groups excluding carboxylic acids is 1. The zero-order valence-corrected chi connectivity index (χ0v) is 15.8. The fourth-order valence-corrected chi connectivity index (χ4v) is 3.18. The molecule has 2 N–H and O–H groups in total. The van der Waals surface area contributed by atoms with Gasteiger partial charge in [-0.25, -0.2) is 4.98 Å². The first-order valence-corrected chi connectivity index (χ1v) is 10.0. The quantitative estimate of drug-likeness (QED) is 0.609. The summed E-state index contributed by atoms with van der Waals surface area (Å²) < 4.78 is 0. The van der Waals surface area contributed by atoms with Crippen LogP contribution in [0.2, 0.25) is 0 Å². The van der Waals surface area contributed by atoms with E-state index >= 15 is 0 Å². The summed E-state index contributed by atoms with van der Waals surface area (Å²) in [6, 6.07) is 16.8. The lowest BCUT2D eigenvalue weighted by Gasteiger charge is -2.15. The lowest BCUT2D eigenvalue weighted by Crippen LogP contribution is -2.28. The molecular formula is C21H20N4OS. The molecule has 0 spiro atoms. The third kappa shape index (κ3) is 4.99. The van der Waals surface area contributed by atoms with Gasteiger partial charge in [-0.3, -0.25) is 4.79 Å². The second-order valence-electron chi connectivity index (χ2n) is 6.05. The van der Waals surface area contributed by atoms with Gasteiger partial charge in [0.05, 0.1) is 28.7 Å². The molecular weight excluding hydrogens is 356 g/mol. The molecule has 6 heteroatoms. The summed E-state index contributed by atoms with van der Waals surface area (Å²) >= 11 is 1.73. The van der Waals surface area contributed by atoms with Crippen LogP contribution in [0.3, 0.4) is 0 Å². The highest BCUT2D eigenvalue weighted by molar-refractivity contribution is 7.98. The summed E-state index contributed by atoms with van der Waals surface area (Å²) in [6.07, 6.45) is 6.08. The van der Waals surface area contributed by atoms with E-state index in [2.05, 4.69) is 21.4 Å². The van der Waals surface area contributed by atoms with E-state index in [9.17, 15) is 4.79 Å². The SMILES string of the molecule is CSCCC(NC(=O)/C=C/c1ccc(C#N)cc1)c1nc2ccccc2[nH]1. The molecule has 0 fully saturated rings. The van der Waals surface area contributed by atoms with Crippen molar-refractivity contribution in [3.63, 3.8) is 0 Å². The minimum absolute atomic E-state index is 0.175. The molecule has 0 aliphatic heterocycles. The predicted molar refractivity (Wildman–Crippen MR) is 110 cm³/mol. The molecule has 3 rings (SSSR count). The van der Waals surface area contributed by atoms with Crippen LogP contribution in [-0.4, -0.2) is 27.9 Å². The third-order valence-corrected chi connectivity index (χ3v) is 4.78. The number of amides is 1. The lowest BCUT2D eigenvalue weighted by atomic mass is 10.1. The van der Waals surface area contributed by atoms with Crippen molar-refractivity contribution in [3.8, 4) is 6.07 Å². The number of aromatic amines is 1. The van der Waals surface area contributed by atoms with E-state index in [1.54, 1.807) is 30.0 Å². The molecule has 1 heterocycles. The van der Waals surface area contributed by atoms with Gasteiger partial charge >= 0.3 is 0 Å². The van der Waals surface area contributed by atoms with Gasteiger partial charge < -0.3 is 10.3 Å². The number of imidazole rings is 1. The Labute approximate surface area is 162 Å². The summed E-state index contributed by atoms with van der Waals surface area (Å²) in [4.78, 5) is 20.3. The van der Waals surface area contributed by atoms with Crippen molar-refractivity contribution < 1.29 is 4.79 Å². The fraction of sp³-hybridized carbons (Fsp3) is 0.190. The second kappa shape index (κ2) is 9.06. The molecule has 5 nitrogen and oxygen atoms in total. The number of rotatable bonds is 7. The van der Waals surface area contributed by atoms with Crippen LogP contribution < -0.4 is 5.32 Å². The van der Waals surface area contributed by atoms with Crippen molar-refractivity contribution in [1.82, 2.24) is 15.3 Å². The zero-order chi connectivity index (χ0) is 19.1. The number of nitrogens with zero attached hydrogens (tertiary/aromatic N) is 2. The van der Waals surface area contributed by atoms with E-state index in [1.165, 1.54) is 6.08 Å². The predicted octanol–water partition coefficient (Wildman–Crippen LogP) is 4.06. The molecule has 0 aliphatic rings. The van der Waals surface area contributed by atoms with Crippen molar-refractivity contribution in [2.45, 2.75) is 12.5 Å². The van der Waals surface area contributed by atoms with Gasteiger partial charge in [0.15, 0.2) is 0 Å². The monoisotopic (exact) mass is 376 g/mol. The average molecular weight is 376 g/mol. The summed E-state index contributed by atoms with van der Waals surface area (Å²) in [5, 5.41) is 11.9. The Morgan fingerprint density at radius 3 is 2.78 bits per heavy atom. The maximum absolute atomic E-state index is 12.4. The molecule has 1 atom stereocenters. The Hall–Kier alpha value is -3.04. The second-order valence-corrected chi connectivity index (χ2v) is 7.03. The van der Waals surface area contributed by atoms with Gasteiger partial charge in [0, 0.05) is 6.08 Å². The molecule has 27 heavy (non-hydrogen) atoms. The van der Waals surface area contributed by atoms with Crippen LogP contribution in [0, 0.1) is 11.3 Å². The Morgan fingerprint density at radius 2 is 2.07 bits per heavy atom. The summed E-state index contributed by atoms with van der Waals surface area (Å²) in [5.74, 6) is 1.51. The van der Waals surface area contributed by atoms with Crippen LogP contribution in [0.4, 0.5) is 0 Å². The van der Waals surface area contributed by atoms with Crippen LogP contribution in [-0.2, 0) is 4.79 Å². The molecule has 0 aliphatic carbocycles. The zero-order valence-electron chi connectivity index (χ0n) is 15.0. The van der Waals surface area contributed by atoms with Crippen molar-refractivity contribution in [2.75, 3.05) is 12.0 Å². The molecule has 0 bridgehead atoms. The standard InChI is InChI=1S/C21H20N4OS/c1-27-13-12-19(21-24-17-4-2-3-5-18(17)25-21)23-20(26)11-10-15-6-8-16(14-22)9-7-15/h2-11,19H,12-13H2,1H3,(H,23,26)(H,24,25)/b11-10+. The highest BCUT2D eigenvalue weighted by Crippen LogP contribution is 2.20. The van der Waals surface area contributed by atoms with Gasteiger partial charge in [-0.1, -0.05) is 24.3 Å². The highest BCUT2D eigenvalue weighted by Gasteiger charge is 2.17. The number of para-hydroxylation sites is 2. The number of H-pyrrole nitrogens is 1. The number of benzene rings is 2. The average Bonchev–Trinajstić information content (AvgIpc) is 3.14. The fourth-order valence-electron chi connectivity index (χ4n) is 2.71. The Balaban J connectivity index is 1.72. The Bertz CT molecular complexity index is 952. The minimum atomic E-state index is -0.178. The van der Waals surface area contributed by atoms with E-state index in [0.717, 1.165) is 34.6 Å². The van der Waals surface area contributed by atoms with Gasteiger partial charge in [0.2, 0.25) is 5.91 Å². The van der Waals surface area contributed by atoms with E-state index in [4.69, 9.17) is 5.26 Å². The van der Waals surface area contributed by atoms with Crippen LogP contribution in [0.15, 0.2) is 54.6 Å². The van der Waals surface area contributed by atoms with Crippen molar-refractivity contribution in [1.29, 1.82) is 5.26 Å². The van der Waals surface area contributed by atoms with Crippen molar-refractivity contribution >= 4 is 34.8 Å². The number of hydrogen-bond acceptors (Lipinski definition) is 4. The maximum Gasteiger partial charge on any atom is 0.244 e. The molecule has 1 amide bonds. The number of fused-ring (bicyclic) bond motifs is 1. The molecule has 3 aromatic rings. The first kappa shape index (κ1) is 18.7. The first-order chi connectivity index (χ1) is 13.2. The molecule has 0 saturated carbocycles. The van der Waals surface area contributed by atoms with Crippen molar-refractivity contribution in [2.24, 2.45) is 0 Å². The van der Waals surface area contributed by atoms with Crippen LogP contribution >= 0.6 is 11.8 Å². The van der Waals surface area contributed by atoms with Gasteiger partial charge in [-0.2, -0.15) is 17.0 Å². The van der Waals surface area contributed by atoms with Gasteiger partial charge in [0.25, 0.3) is 0 Å². The van der Waals surface area contributed by atoms with Crippen molar-refractivity contribution in [3.05, 3.63) is 71.6 Å². The molecule has 0 radical (unpaired) electrons. The minimum Gasteiger partial charge on any atom is -0.343 e. The van der Waals surface area contributed by atoms with Crippen LogP contribution in [0.25, 0.3) is 17.1 Å². The lowest BCUT2D eigenvalue weighted by molar-refractivity contribution is -0.117. The largest absolute Gasteiger partial charge is 0.343 e. The number of carbonyl (C=O) groups is 1. The van der Waals surface area contributed by atoms with E-state index in [1.807, 2.05) is 42.7 Å². The normalized spacial score (nSPS) is 12.1.